The molecule has 2 heterocycles. The fraction of sp³-hybridized carbons (Fsp3) is 1.00. The highest BCUT2D eigenvalue weighted by molar-refractivity contribution is 4.91. The van der Waals surface area contributed by atoms with Crippen LogP contribution in [0.25, 0.3) is 0 Å². The fourth-order valence-electron chi connectivity index (χ4n) is 2.93. The summed E-state index contributed by atoms with van der Waals surface area (Å²) in [5.74, 6) is 0. The van der Waals surface area contributed by atoms with Crippen LogP contribution in [0.2, 0.25) is 0 Å². The Morgan fingerprint density at radius 1 is 1.20 bits per heavy atom. The van der Waals surface area contributed by atoms with Gasteiger partial charge in [-0.15, -0.1) is 0 Å². The second kappa shape index (κ2) is 4.78. The van der Waals surface area contributed by atoms with Gasteiger partial charge < -0.3 is 9.74 Å². The average molecular weight is 213 g/mol. The van der Waals surface area contributed by atoms with Gasteiger partial charge in [0.05, 0.1) is 13.2 Å². The van der Waals surface area contributed by atoms with Gasteiger partial charge in [-0.05, 0) is 39.3 Å². The summed E-state index contributed by atoms with van der Waals surface area (Å²) in [4.78, 5) is 7.47. The lowest BCUT2D eigenvalue weighted by Crippen LogP contribution is -2.47. The van der Waals surface area contributed by atoms with Crippen molar-refractivity contribution in [3.8, 4) is 0 Å². The Balaban J connectivity index is 1.97. The summed E-state index contributed by atoms with van der Waals surface area (Å²) in [6.07, 6.45) is 3.79. The van der Waals surface area contributed by atoms with Gasteiger partial charge in [0.2, 0.25) is 0 Å². The van der Waals surface area contributed by atoms with Crippen molar-refractivity contribution in [2.24, 2.45) is 0 Å². The smallest absolute Gasteiger partial charge is 0.126 e. The number of nitrogens with zero attached hydrogens (tertiary/aromatic N) is 2. The minimum Gasteiger partial charge on any atom is -0.302 e. The molecule has 1 unspecified atom stereocenters. The summed E-state index contributed by atoms with van der Waals surface area (Å²) in [6, 6.07) is 0.297. The van der Waals surface area contributed by atoms with E-state index < -0.39 is 6.10 Å². The number of likely N-dealkylation sites (tertiary alicyclic amines) is 1. The van der Waals surface area contributed by atoms with Crippen LogP contribution in [0.4, 0.5) is 0 Å². The standard InChI is InChI=1S/C11H21N2O2/c1-12-7-3-5-9(12)11(14)10-6-4-8-13(10)15-2/h9-11H,3-8H2,1-2H3/t9-,10-,11?/m1/s1. The van der Waals surface area contributed by atoms with Gasteiger partial charge in [-0.2, -0.15) is 5.06 Å². The third-order valence-electron chi connectivity index (χ3n) is 3.82. The predicted octanol–water partition coefficient (Wildman–Crippen LogP) is 0.905. The van der Waals surface area contributed by atoms with Gasteiger partial charge in [-0.25, -0.2) is 5.11 Å². The van der Waals surface area contributed by atoms with E-state index in [1.807, 2.05) is 5.06 Å². The number of hydroxylamine groups is 2. The molecule has 0 spiro atoms. The molecule has 0 aromatic carbocycles. The van der Waals surface area contributed by atoms with E-state index in [-0.39, 0.29) is 12.1 Å². The van der Waals surface area contributed by atoms with Gasteiger partial charge in [0.15, 0.2) is 0 Å². The quantitative estimate of drug-likeness (QED) is 0.699. The van der Waals surface area contributed by atoms with E-state index in [1.165, 1.54) is 6.42 Å². The first-order valence-corrected chi connectivity index (χ1v) is 5.91. The van der Waals surface area contributed by atoms with Crippen molar-refractivity contribution in [2.75, 3.05) is 27.2 Å². The van der Waals surface area contributed by atoms with Gasteiger partial charge in [-0.3, -0.25) is 0 Å². The first-order valence-electron chi connectivity index (χ1n) is 5.91. The molecule has 87 valence electrons. The molecule has 4 heteroatoms. The number of hydrogen-bond acceptors (Lipinski definition) is 3. The number of rotatable bonds is 3. The van der Waals surface area contributed by atoms with Crippen molar-refractivity contribution in [1.82, 2.24) is 9.96 Å². The first-order chi connectivity index (χ1) is 7.24. The first kappa shape index (κ1) is 11.3. The van der Waals surface area contributed by atoms with Crippen LogP contribution in [0.5, 0.6) is 0 Å². The zero-order valence-corrected chi connectivity index (χ0v) is 9.69. The number of likely N-dealkylation sites (N-methyl/N-ethyl adjacent to an activating group) is 1. The van der Waals surface area contributed by atoms with Gasteiger partial charge >= 0.3 is 0 Å². The van der Waals surface area contributed by atoms with E-state index in [9.17, 15) is 5.11 Å². The SMILES string of the molecule is CON1CCC[C@@H]1C([O])[C@H]1CCCN1C. The second-order valence-corrected chi connectivity index (χ2v) is 4.69. The molecule has 2 fully saturated rings. The van der Waals surface area contributed by atoms with E-state index in [4.69, 9.17) is 4.84 Å². The zero-order valence-electron chi connectivity index (χ0n) is 9.69. The largest absolute Gasteiger partial charge is 0.302 e. The Hall–Kier alpha value is -0.160. The maximum atomic E-state index is 12.3. The highest BCUT2D eigenvalue weighted by atomic mass is 16.7. The molecule has 0 aliphatic carbocycles. The molecular weight excluding hydrogens is 192 g/mol. The third kappa shape index (κ3) is 2.18. The predicted molar refractivity (Wildman–Crippen MR) is 56.9 cm³/mol. The van der Waals surface area contributed by atoms with Crippen LogP contribution in [0.15, 0.2) is 0 Å². The monoisotopic (exact) mass is 213 g/mol. The second-order valence-electron chi connectivity index (χ2n) is 4.69. The van der Waals surface area contributed by atoms with Gasteiger partial charge in [-0.1, -0.05) is 0 Å². The third-order valence-corrected chi connectivity index (χ3v) is 3.82. The molecule has 0 aromatic rings. The summed E-state index contributed by atoms with van der Waals surface area (Å²) in [5, 5.41) is 14.2. The molecular formula is C11H21N2O2. The summed E-state index contributed by atoms with van der Waals surface area (Å²) >= 11 is 0. The Kier molecular flexibility index (Phi) is 3.61. The minimum atomic E-state index is -0.514. The number of hydrogen-bond donors (Lipinski definition) is 0. The average Bonchev–Trinajstić information content (AvgIpc) is 2.84. The molecule has 4 nitrogen and oxygen atoms in total. The van der Waals surface area contributed by atoms with Crippen LogP contribution in [-0.2, 0) is 9.94 Å². The van der Waals surface area contributed by atoms with Crippen LogP contribution < -0.4 is 0 Å². The normalized spacial score (nSPS) is 36.2. The molecule has 2 aliphatic rings. The van der Waals surface area contributed by atoms with E-state index in [1.54, 1.807) is 7.11 Å². The van der Waals surface area contributed by atoms with E-state index in [0.717, 1.165) is 32.4 Å². The zero-order chi connectivity index (χ0) is 10.8. The molecule has 2 rings (SSSR count). The summed E-state index contributed by atoms with van der Waals surface area (Å²) in [7, 11) is 3.73. The molecule has 0 N–H and O–H groups in total. The Bertz CT molecular complexity index is 213. The van der Waals surface area contributed by atoms with E-state index in [0.29, 0.717) is 0 Å². The van der Waals surface area contributed by atoms with Crippen molar-refractivity contribution in [3.05, 3.63) is 0 Å². The molecule has 0 bridgehead atoms. The van der Waals surface area contributed by atoms with Crippen LogP contribution in [0, 0.1) is 0 Å². The van der Waals surface area contributed by atoms with E-state index in [2.05, 4.69) is 11.9 Å². The lowest BCUT2D eigenvalue weighted by molar-refractivity contribution is -0.179. The molecule has 0 aromatic heterocycles. The van der Waals surface area contributed by atoms with Crippen LogP contribution in [0.1, 0.15) is 25.7 Å². The summed E-state index contributed by atoms with van der Waals surface area (Å²) < 4.78 is 0. The van der Waals surface area contributed by atoms with Crippen molar-refractivity contribution < 1.29 is 9.94 Å². The van der Waals surface area contributed by atoms with Gasteiger partial charge in [0.25, 0.3) is 0 Å². The van der Waals surface area contributed by atoms with Crippen molar-refractivity contribution in [3.63, 3.8) is 0 Å². The van der Waals surface area contributed by atoms with Gasteiger partial charge in [0, 0.05) is 12.6 Å². The molecule has 2 aliphatic heterocycles. The highest BCUT2D eigenvalue weighted by Crippen LogP contribution is 2.27. The van der Waals surface area contributed by atoms with E-state index >= 15 is 0 Å². The van der Waals surface area contributed by atoms with Crippen LogP contribution in [0.3, 0.4) is 0 Å². The molecule has 15 heavy (non-hydrogen) atoms. The molecule has 0 saturated carbocycles. The molecule has 2 saturated heterocycles. The summed E-state index contributed by atoms with van der Waals surface area (Å²) in [6.45, 7) is 1.99. The maximum Gasteiger partial charge on any atom is 0.126 e. The lowest BCUT2D eigenvalue weighted by atomic mass is 10.00. The Morgan fingerprint density at radius 2 is 1.87 bits per heavy atom. The van der Waals surface area contributed by atoms with Crippen molar-refractivity contribution in [1.29, 1.82) is 0 Å². The lowest BCUT2D eigenvalue weighted by Gasteiger charge is -2.31. The minimum absolute atomic E-state index is 0.0838. The molecule has 3 atom stereocenters. The van der Waals surface area contributed by atoms with Crippen LogP contribution in [-0.4, -0.2) is 55.4 Å². The highest BCUT2D eigenvalue weighted by Gasteiger charge is 2.39. The Morgan fingerprint density at radius 3 is 2.47 bits per heavy atom. The van der Waals surface area contributed by atoms with Gasteiger partial charge in [0.1, 0.15) is 6.10 Å². The topological polar surface area (TPSA) is 35.6 Å². The van der Waals surface area contributed by atoms with Crippen molar-refractivity contribution >= 4 is 0 Å². The summed E-state index contributed by atoms with van der Waals surface area (Å²) in [5.41, 5.74) is 0. The fourth-order valence-corrected chi connectivity index (χ4v) is 2.93. The van der Waals surface area contributed by atoms with Crippen molar-refractivity contribution in [2.45, 2.75) is 43.9 Å². The maximum absolute atomic E-state index is 12.3. The Labute approximate surface area is 91.8 Å². The molecule has 0 amide bonds. The molecule has 1 radical (unpaired) electrons. The van der Waals surface area contributed by atoms with Crippen LogP contribution >= 0.6 is 0 Å².